The molecule has 0 aliphatic carbocycles. The molecule has 2 atom stereocenters. The van der Waals surface area contributed by atoms with Crippen LogP contribution in [-0.2, 0) is 29.0 Å². The highest BCUT2D eigenvalue weighted by Gasteiger charge is 2.33. The average Bonchev–Trinajstić information content (AvgIpc) is 2.62. The zero-order valence-corrected chi connectivity index (χ0v) is 14.4. The van der Waals surface area contributed by atoms with Crippen LogP contribution in [0, 0.1) is 5.82 Å². The van der Waals surface area contributed by atoms with E-state index in [4.69, 9.17) is 11.5 Å². The van der Waals surface area contributed by atoms with E-state index in [0.29, 0.717) is 18.5 Å². The number of halogens is 1. The first kappa shape index (κ1) is 18.1. The van der Waals surface area contributed by atoms with Crippen LogP contribution in [-0.4, -0.2) is 28.8 Å². The molecule has 2 aromatic carbocycles. The van der Waals surface area contributed by atoms with Crippen LogP contribution < -0.4 is 11.5 Å². The van der Waals surface area contributed by atoms with Gasteiger partial charge in [0.05, 0.1) is 0 Å². The van der Waals surface area contributed by atoms with Crippen LogP contribution in [0.1, 0.15) is 23.1 Å². The third-order valence-corrected chi connectivity index (χ3v) is 4.77. The molecular formula is C20H22FN3O2. The van der Waals surface area contributed by atoms with E-state index in [1.807, 2.05) is 24.3 Å². The number of amides is 2. The third-order valence-electron chi connectivity index (χ3n) is 4.77. The van der Waals surface area contributed by atoms with Gasteiger partial charge in [0.15, 0.2) is 0 Å². The van der Waals surface area contributed by atoms with Crippen molar-refractivity contribution in [3.8, 4) is 0 Å². The molecule has 4 N–H and O–H groups in total. The van der Waals surface area contributed by atoms with Gasteiger partial charge in [-0.2, -0.15) is 0 Å². The summed E-state index contributed by atoms with van der Waals surface area (Å²) in [6, 6.07) is 12.8. The molecule has 0 spiro atoms. The maximum absolute atomic E-state index is 13.8. The molecular weight excluding hydrogens is 333 g/mol. The molecule has 2 amide bonds. The Morgan fingerprint density at radius 2 is 1.77 bits per heavy atom. The Morgan fingerprint density at radius 3 is 2.46 bits per heavy atom. The van der Waals surface area contributed by atoms with Gasteiger partial charge in [-0.05, 0) is 29.2 Å². The molecule has 1 aliphatic rings. The molecule has 0 fully saturated rings. The molecule has 1 aliphatic heterocycles. The van der Waals surface area contributed by atoms with Crippen LogP contribution in [0.2, 0.25) is 0 Å². The zero-order chi connectivity index (χ0) is 18.7. The largest absolute Gasteiger partial charge is 0.368 e. The van der Waals surface area contributed by atoms with Crippen molar-refractivity contribution >= 4 is 11.8 Å². The van der Waals surface area contributed by atoms with Gasteiger partial charge in [-0.1, -0.05) is 42.5 Å². The maximum atomic E-state index is 13.8. The van der Waals surface area contributed by atoms with Crippen molar-refractivity contribution < 1.29 is 14.0 Å². The highest BCUT2D eigenvalue weighted by molar-refractivity contribution is 5.87. The smallest absolute Gasteiger partial charge is 0.240 e. The molecule has 0 saturated carbocycles. The van der Waals surface area contributed by atoms with E-state index in [9.17, 15) is 14.0 Å². The van der Waals surface area contributed by atoms with Crippen molar-refractivity contribution in [2.75, 3.05) is 0 Å². The van der Waals surface area contributed by atoms with Gasteiger partial charge in [-0.15, -0.1) is 0 Å². The van der Waals surface area contributed by atoms with E-state index in [2.05, 4.69) is 0 Å². The van der Waals surface area contributed by atoms with Gasteiger partial charge in [-0.3, -0.25) is 9.59 Å². The minimum atomic E-state index is -0.682. The van der Waals surface area contributed by atoms with E-state index in [0.717, 1.165) is 11.1 Å². The molecule has 26 heavy (non-hydrogen) atoms. The monoisotopic (exact) mass is 355 g/mol. The summed E-state index contributed by atoms with van der Waals surface area (Å²) in [5.41, 5.74) is 14.1. The zero-order valence-electron chi connectivity index (χ0n) is 14.4. The lowest BCUT2D eigenvalue weighted by molar-refractivity contribution is -0.140. The van der Waals surface area contributed by atoms with Crippen LogP contribution in [0.4, 0.5) is 4.39 Å². The summed E-state index contributed by atoms with van der Waals surface area (Å²) < 4.78 is 13.8. The molecule has 1 unspecified atom stereocenters. The Labute approximate surface area is 151 Å². The first-order valence-corrected chi connectivity index (χ1v) is 8.60. The lowest BCUT2D eigenvalue weighted by atomic mass is 9.92. The SMILES string of the molecule is NC(=O)[C@@H]1Cc2ccccc2CN1C(=O)CC(N)Cc1ccccc1F. The lowest BCUT2D eigenvalue weighted by Gasteiger charge is -2.35. The predicted molar refractivity (Wildman–Crippen MR) is 96.4 cm³/mol. The Morgan fingerprint density at radius 1 is 1.12 bits per heavy atom. The topological polar surface area (TPSA) is 89.4 Å². The Hall–Kier alpha value is -2.73. The standard InChI is InChI=1S/C20H22FN3O2/c21-17-8-4-3-6-14(17)9-16(22)11-19(25)24-12-15-7-2-1-5-13(15)10-18(24)20(23)26/h1-8,16,18H,9-12,22H2,(H2,23,26)/t16?,18-/m0/s1. The van der Waals surface area contributed by atoms with Gasteiger partial charge in [0, 0.05) is 25.4 Å². The van der Waals surface area contributed by atoms with Gasteiger partial charge in [0.25, 0.3) is 0 Å². The van der Waals surface area contributed by atoms with Gasteiger partial charge in [0.1, 0.15) is 11.9 Å². The first-order valence-electron chi connectivity index (χ1n) is 8.60. The fourth-order valence-electron chi connectivity index (χ4n) is 3.40. The fraction of sp³-hybridized carbons (Fsp3) is 0.300. The van der Waals surface area contributed by atoms with Crippen molar-refractivity contribution in [1.29, 1.82) is 0 Å². The summed E-state index contributed by atoms with van der Waals surface area (Å²) >= 11 is 0. The molecule has 0 aromatic heterocycles. The lowest BCUT2D eigenvalue weighted by Crippen LogP contribution is -2.52. The van der Waals surface area contributed by atoms with Gasteiger partial charge < -0.3 is 16.4 Å². The summed E-state index contributed by atoms with van der Waals surface area (Å²) in [5, 5.41) is 0. The summed E-state index contributed by atoms with van der Waals surface area (Å²) in [7, 11) is 0. The van der Waals surface area contributed by atoms with E-state index in [1.54, 1.807) is 18.2 Å². The quantitative estimate of drug-likeness (QED) is 0.852. The normalized spacial score (nSPS) is 17.5. The Bertz CT molecular complexity index is 824. The number of rotatable bonds is 5. The van der Waals surface area contributed by atoms with E-state index in [-0.39, 0.29) is 24.6 Å². The number of benzene rings is 2. The highest BCUT2D eigenvalue weighted by atomic mass is 19.1. The second-order valence-electron chi connectivity index (χ2n) is 6.67. The summed E-state index contributed by atoms with van der Waals surface area (Å²) in [6.07, 6.45) is 0.685. The molecule has 136 valence electrons. The highest BCUT2D eigenvalue weighted by Crippen LogP contribution is 2.24. The number of hydrogen-bond acceptors (Lipinski definition) is 3. The third kappa shape index (κ3) is 3.91. The van der Waals surface area contributed by atoms with Crippen molar-refractivity contribution in [1.82, 2.24) is 4.90 Å². The molecule has 1 heterocycles. The van der Waals surface area contributed by atoms with Crippen molar-refractivity contribution in [2.45, 2.75) is 37.9 Å². The molecule has 5 nitrogen and oxygen atoms in total. The summed E-state index contributed by atoms with van der Waals surface area (Å²) in [4.78, 5) is 26.1. The van der Waals surface area contributed by atoms with Gasteiger partial charge >= 0.3 is 0 Å². The van der Waals surface area contributed by atoms with Gasteiger partial charge in [-0.25, -0.2) is 4.39 Å². The van der Waals surface area contributed by atoms with Crippen molar-refractivity contribution in [3.05, 3.63) is 71.0 Å². The molecule has 6 heteroatoms. The maximum Gasteiger partial charge on any atom is 0.240 e. The number of nitrogens with two attached hydrogens (primary N) is 2. The van der Waals surface area contributed by atoms with Crippen LogP contribution in [0.15, 0.2) is 48.5 Å². The number of carbonyl (C=O) groups is 2. The average molecular weight is 355 g/mol. The fourth-order valence-corrected chi connectivity index (χ4v) is 3.40. The number of nitrogens with zero attached hydrogens (tertiary/aromatic N) is 1. The molecule has 0 radical (unpaired) electrons. The first-order chi connectivity index (χ1) is 12.5. The molecule has 2 aromatic rings. The number of fused-ring (bicyclic) bond motifs is 1. The van der Waals surface area contributed by atoms with E-state index >= 15 is 0 Å². The van der Waals surface area contributed by atoms with Crippen LogP contribution in [0.25, 0.3) is 0 Å². The number of primary amides is 1. The number of hydrogen-bond donors (Lipinski definition) is 2. The summed E-state index contributed by atoms with van der Waals surface area (Å²) in [5.74, 6) is -1.11. The van der Waals surface area contributed by atoms with Crippen LogP contribution >= 0.6 is 0 Å². The second-order valence-corrected chi connectivity index (χ2v) is 6.67. The Balaban J connectivity index is 1.71. The van der Waals surface area contributed by atoms with E-state index < -0.39 is 18.0 Å². The summed E-state index contributed by atoms with van der Waals surface area (Å²) in [6.45, 7) is 0.328. The molecule has 3 rings (SSSR count). The van der Waals surface area contributed by atoms with Gasteiger partial charge in [0.2, 0.25) is 11.8 Å². The Kier molecular flexibility index (Phi) is 5.32. The molecule has 0 bridgehead atoms. The number of carbonyl (C=O) groups excluding carboxylic acids is 2. The minimum absolute atomic E-state index is 0.0281. The van der Waals surface area contributed by atoms with E-state index in [1.165, 1.54) is 11.0 Å². The predicted octanol–water partition coefficient (Wildman–Crippen LogP) is 1.52. The van der Waals surface area contributed by atoms with Crippen molar-refractivity contribution in [2.24, 2.45) is 11.5 Å². The van der Waals surface area contributed by atoms with Crippen molar-refractivity contribution in [3.63, 3.8) is 0 Å². The van der Waals surface area contributed by atoms with Crippen LogP contribution in [0.3, 0.4) is 0 Å². The second kappa shape index (κ2) is 7.66. The minimum Gasteiger partial charge on any atom is -0.368 e. The molecule has 0 saturated heterocycles. The van der Waals surface area contributed by atoms with Crippen LogP contribution in [0.5, 0.6) is 0 Å².